The number of nitrogens with zero attached hydrogens (tertiary/aromatic N) is 1. The third kappa shape index (κ3) is 3.39. The Balaban J connectivity index is 1.64. The van der Waals surface area contributed by atoms with Crippen LogP contribution in [0, 0.1) is 0 Å². The van der Waals surface area contributed by atoms with Gasteiger partial charge in [-0.1, -0.05) is 18.2 Å². The molecule has 120 valence electrons. The molecule has 3 rings (SSSR count). The van der Waals surface area contributed by atoms with E-state index in [9.17, 15) is 4.79 Å². The maximum Gasteiger partial charge on any atom is 0.267 e. The van der Waals surface area contributed by atoms with E-state index in [4.69, 9.17) is 15.2 Å². The SMILES string of the molecule is CC1Oc2cc(N)ccc2N(CCCOc2ccccc2)C1=O. The van der Waals surface area contributed by atoms with E-state index in [-0.39, 0.29) is 5.91 Å². The van der Waals surface area contributed by atoms with E-state index in [1.807, 2.05) is 36.4 Å². The van der Waals surface area contributed by atoms with Gasteiger partial charge >= 0.3 is 0 Å². The number of rotatable bonds is 5. The molecule has 0 saturated carbocycles. The van der Waals surface area contributed by atoms with Crippen molar-refractivity contribution in [3.8, 4) is 11.5 Å². The lowest BCUT2D eigenvalue weighted by atomic mass is 10.1. The number of para-hydroxylation sites is 1. The number of nitrogens with two attached hydrogens (primary N) is 1. The Morgan fingerprint density at radius 1 is 1.22 bits per heavy atom. The Morgan fingerprint density at radius 2 is 2.00 bits per heavy atom. The first-order valence-corrected chi connectivity index (χ1v) is 7.70. The second-order valence-electron chi connectivity index (χ2n) is 5.49. The maximum absolute atomic E-state index is 12.4. The van der Waals surface area contributed by atoms with Crippen molar-refractivity contribution in [2.24, 2.45) is 0 Å². The summed E-state index contributed by atoms with van der Waals surface area (Å²) in [5, 5.41) is 0. The molecule has 0 bridgehead atoms. The standard InChI is InChI=1S/C18H20N2O3/c1-13-18(21)20(16-9-8-14(19)12-17(16)23-13)10-5-11-22-15-6-3-2-4-7-15/h2-4,6-9,12-13H,5,10-11,19H2,1H3. The second-order valence-corrected chi connectivity index (χ2v) is 5.49. The molecule has 2 N–H and O–H groups in total. The van der Waals surface area contributed by atoms with Crippen LogP contribution in [0.1, 0.15) is 13.3 Å². The molecule has 1 aliphatic rings. The molecular formula is C18H20N2O3. The van der Waals surface area contributed by atoms with Gasteiger partial charge in [0.25, 0.3) is 5.91 Å². The second kappa shape index (κ2) is 6.60. The molecule has 5 heteroatoms. The van der Waals surface area contributed by atoms with Crippen molar-refractivity contribution < 1.29 is 14.3 Å². The summed E-state index contributed by atoms with van der Waals surface area (Å²) in [7, 11) is 0. The monoisotopic (exact) mass is 312 g/mol. The first-order valence-electron chi connectivity index (χ1n) is 7.70. The number of hydrogen-bond donors (Lipinski definition) is 1. The zero-order chi connectivity index (χ0) is 16.2. The first-order chi connectivity index (χ1) is 11.1. The fourth-order valence-corrected chi connectivity index (χ4v) is 2.59. The van der Waals surface area contributed by atoms with Crippen molar-refractivity contribution in [1.29, 1.82) is 0 Å². The summed E-state index contributed by atoms with van der Waals surface area (Å²) in [5.74, 6) is 1.45. The lowest BCUT2D eigenvalue weighted by Gasteiger charge is -2.33. The molecular weight excluding hydrogens is 292 g/mol. The molecule has 1 unspecified atom stereocenters. The highest BCUT2D eigenvalue weighted by molar-refractivity contribution is 6.00. The minimum atomic E-state index is -0.501. The number of fused-ring (bicyclic) bond motifs is 1. The lowest BCUT2D eigenvalue weighted by Crippen LogP contribution is -2.45. The average Bonchev–Trinajstić information content (AvgIpc) is 2.55. The molecule has 0 fully saturated rings. The number of nitrogen functional groups attached to an aromatic ring is 1. The summed E-state index contributed by atoms with van der Waals surface area (Å²) in [4.78, 5) is 14.1. The molecule has 0 aromatic heterocycles. The highest BCUT2D eigenvalue weighted by Gasteiger charge is 2.31. The molecule has 0 aliphatic carbocycles. The van der Waals surface area contributed by atoms with Gasteiger partial charge in [-0.2, -0.15) is 0 Å². The van der Waals surface area contributed by atoms with Gasteiger partial charge < -0.3 is 20.1 Å². The van der Waals surface area contributed by atoms with Gasteiger partial charge in [0.2, 0.25) is 0 Å². The summed E-state index contributed by atoms with van der Waals surface area (Å²) in [6.07, 6.45) is 0.233. The maximum atomic E-state index is 12.4. The molecule has 23 heavy (non-hydrogen) atoms. The van der Waals surface area contributed by atoms with Gasteiger partial charge in [0, 0.05) is 18.3 Å². The lowest BCUT2D eigenvalue weighted by molar-refractivity contribution is -0.125. The van der Waals surface area contributed by atoms with Crippen molar-refractivity contribution in [1.82, 2.24) is 0 Å². The molecule has 0 spiro atoms. The number of carbonyl (C=O) groups excluding carboxylic acids is 1. The van der Waals surface area contributed by atoms with Gasteiger partial charge in [-0.3, -0.25) is 4.79 Å². The van der Waals surface area contributed by atoms with E-state index in [0.717, 1.165) is 17.9 Å². The van der Waals surface area contributed by atoms with Gasteiger partial charge in [0.15, 0.2) is 6.10 Å². The van der Waals surface area contributed by atoms with E-state index >= 15 is 0 Å². The van der Waals surface area contributed by atoms with E-state index in [0.29, 0.717) is 24.6 Å². The molecule has 1 atom stereocenters. The van der Waals surface area contributed by atoms with Crippen molar-refractivity contribution in [3.05, 3.63) is 48.5 Å². The zero-order valence-electron chi connectivity index (χ0n) is 13.1. The van der Waals surface area contributed by atoms with Crippen LogP contribution >= 0.6 is 0 Å². The molecule has 2 aromatic carbocycles. The van der Waals surface area contributed by atoms with E-state index in [2.05, 4.69) is 0 Å². The van der Waals surface area contributed by atoms with Crippen molar-refractivity contribution in [2.45, 2.75) is 19.4 Å². The minimum Gasteiger partial charge on any atom is -0.494 e. The number of carbonyl (C=O) groups is 1. The van der Waals surface area contributed by atoms with Gasteiger partial charge in [-0.25, -0.2) is 0 Å². The molecule has 2 aromatic rings. The third-order valence-electron chi connectivity index (χ3n) is 3.73. The Morgan fingerprint density at radius 3 is 2.78 bits per heavy atom. The molecule has 1 amide bonds. The fraction of sp³-hybridized carbons (Fsp3) is 0.278. The molecule has 5 nitrogen and oxygen atoms in total. The van der Waals surface area contributed by atoms with Crippen LogP contribution in [-0.4, -0.2) is 25.2 Å². The number of anilines is 2. The highest BCUT2D eigenvalue weighted by Crippen LogP contribution is 2.35. The van der Waals surface area contributed by atoms with Gasteiger partial charge in [0.05, 0.1) is 12.3 Å². The Hall–Kier alpha value is -2.69. The average molecular weight is 312 g/mol. The largest absolute Gasteiger partial charge is 0.494 e. The van der Waals surface area contributed by atoms with E-state index in [1.54, 1.807) is 24.0 Å². The van der Waals surface area contributed by atoms with Crippen LogP contribution in [0.2, 0.25) is 0 Å². The summed E-state index contributed by atoms with van der Waals surface area (Å²) in [5.41, 5.74) is 7.18. The molecule has 1 heterocycles. The zero-order valence-corrected chi connectivity index (χ0v) is 13.1. The minimum absolute atomic E-state index is 0.0398. The number of hydrogen-bond acceptors (Lipinski definition) is 4. The summed E-state index contributed by atoms with van der Waals surface area (Å²) in [6, 6.07) is 15.0. The van der Waals surface area contributed by atoms with Crippen LogP contribution in [-0.2, 0) is 4.79 Å². The Kier molecular flexibility index (Phi) is 4.37. The smallest absolute Gasteiger partial charge is 0.267 e. The summed E-state index contributed by atoms with van der Waals surface area (Å²) in [6.45, 7) is 2.88. The molecule has 1 aliphatic heterocycles. The van der Waals surface area contributed by atoms with E-state index in [1.165, 1.54) is 0 Å². The predicted molar refractivity (Wildman–Crippen MR) is 89.9 cm³/mol. The van der Waals surface area contributed by atoms with Crippen LogP contribution < -0.4 is 20.1 Å². The fourth-order valence-electron chi connectivity index (χ4n) is 2.59. The summed E-state index contributed by atoms with van der Waals surface area (Å²) >= 11 is 0. The van der Waals surface area contributed by atoms with Crippen LogP contribution in [0.25, 0.3) is 0 Å². The summed E-state index contributed by atoms with van der Waals surface area (Å²) < 4.78 is 11.3. The van der Waals surface area contributed by atoms with Crippen molar-refractivity contribution in [2.75, 3.05) is 23.8 Å². The first kappa shape index (κ1) is 15.2. The van der Waals surface area contributed by atoms with Crippen LogP contribution in [0.3, 0.4) is 0 Å². The number of ether oxygens (including phenoxy) is 2. The van der Waals surface area contributed by atoms with Crippen molar-refractivity contribution in [3.63, 3.8) is 0 Å². The molecule has 0 radical (unpaired) electrons. The normalized spacial score (nSPS) is 16.7. The van der Waals surface area contributed by atoms with E-state index < -0.39 is 6.10 Å². The van der Waals surface area contributed by atoms with Crippen LogP contribution in [0.4, 0.5) is 11.4 Å². The Labute approximate surface area is 135 Å². The van der Waals surface area contributed by atoms with Crippen LogP contribution in [0.5, 0.6) is 11.5 Å². The quantitative estimate of drug-likeness (QED) is 0.681. The number of benzene rings is 2. The Bertz CT molecular complexity index is 688. The van der Waals surface area contributed by atoms with Gasteiger partial charge in [0.1, 0.15) is 11.5 Å². The van der Waals surface area contributed by atoms with Crippen molar-refractivity contribution >= 4 is 17.3 Å². The predicted octanol–water partition coefficient (Wildman–Crippen LogP) is 2.85. The third-order valence-corrected chi connectivity index (χ3v) is 3.73. The van der Waals surface area contributed by atoms with Gasteiger partial charge in [-0.15, -0.1) is 0 Å². The molecule has 0 saturated heterocycles. The van der Waals surface area contributed by atoms with Crippen LogP contribution in [0.15, 0.2) is 48.5 Å². The number of amides is 1. The topological polar surface area (TPSA) is 64.8 Å². The van der Waals surface area contributed by atoms with Gasteiger partial charge in [-0.05, 0) is 37.6 Å². The highest BCUT2D eigenvalue weighted by atomic mass is 16.5.